The summed E-state index contributed by atoms with van der Waals surface area (Å²) in [5.74, 6) is -0.276. The Morgan fingerprint density at radius 3 is 2.42 bits per heavy atom. The van der Waals surface area contributed by atoms with Crippen LogP contribution in [0.4, 0.5) is 5.13 Å². The zero-order valence-corrected chi connectivity index (χ0v) is 21.9. The lowest BCUT2D eigenvalue weighted by atomic mass is 10.1. The van der Waals surface area contributed by atoms with Gasteiger partial charge < -0.3 is 4.74 Å². The number of aryl methyl sites for hydroxylation is 1. The number of carbonyl (C=O) groups is 1. The molecule has 0 spiro atoms. The largest absolute Gasteiger partial charge is 0.379 e. The molecule has 7 nitrogen and oxygen atoms in total. The summed E-state index contributed by atoms with van der Waals surface area (Å²) >= 11 is 7.79. The monoisotopic (exact) mass is 541 g/mol. The van der Waals surface area contributed by atoms with Gasteiger partial charge in [-0.1, -0.05) is 59.3 Å². The number of hydrogen-bond donors (Lipinski definition) is 0. The molecule has 0 radical (unpaired) electrons. The number of hydrogen-bond acceptors (Lipinski definition) is 6. The molecule has 0 atom stereocenters. The molecule has 3 aromatic carbocycles. The quantitative estimate of drug-likeness (QED) is 0.338. The highest BCUT2D eigenvalue weighted by Crippen LogP contribution is 2.36. The van der Waals surface area contributed by atoms with Crippen molar-refractivity contribution in [3.63, 3.8) is 0 Å². The van der Waals surface area contributed by atoms with E-state index >= 15 is 0 Å². The minimum absolute atomic E-state index is 0.151. The van der Waals surface area contributed by atoms with Gasteiger partial charge in [-0.25, -0.2) is 13.4 Å². The number of rotatable bonds is 6. The summed E-state index contributed by atoms with van der Waals surface area (Å²) in [6, 6.07) is 19.5. The fourth-order valence-corrected chi connectivity index (χ4v) is 6.78. The topological polar surface area (TPSA) is 79.8 Å². The number of fused-ring (bicyclic) bond motifs is 1. The smallest absolute Gasteiger partial charge is 0.260 e. The van der Waals surface area contributed by atoms with Crippen LogP contribution in [-0.2, 0) is 21.3 Å². The van der Waals surface area contributed by atoms with Crippen molar-refractivity contribution in [2.24, 2.45) is 0 Å². The minimum atomic E-state index is -3.65. The van der Waals surface area contributed by atoms with Crippen molar-refractivity contribution >= 4 is 54.2 Å². The summed E-state index contributed by atoms with van der Waals surface area (Å²) in [6.07, 6.45) is 0. The molecule has 1 amide bonds. The number of aromatic nitrogens is 1. The van der Waals surface area contributed by atoms with Gasteiger partial charge in [0.25, 0.3) is 5.91 Å². The molecule has 4 aromatic rings. The van der Waals surface area contributed by atoms with Crippen LogP contribution in [0.3, 0.4) is 0 Å². The standard InChI is InChI=1S/C26H24ClN3O4S2/c1-18-7-12-22(27)24-23(18)28-26(35-24)30(17-19-5-3-2-4-6-19)25(31)20-8-10-21(11-9-20)36(32,33)29-13-15-34-16-14-29/h2-12H,13-17H2,1H3. The van der Waals surface area contributed by atoms with Gasteiger partial charge in [0.05, 0.1) is 39.9 Å². The van der Waals surface area contributed by atoms with Crippen LogP contribution in [0.1, 0.15) is 21.5 Å². The maximum Gasteiger partial charge on any atom is 0.260 e. The van der Waals surface area contributed by atoms with E-state index in [-0.39, 0.29) is 10.8 Å². The van der Waals surface area contributed by atoms with Crippen LogP contribution in [0.25, 0.3) is 10.2 Å². The molecule has 1 aliphatic heterocycles. The summed E-state index contributed by atoms with van der Waals surface area (Å²) < 4.78 is 33.5. The number of morpholine rings is 1. The maximum atomic E-state index is 13.7. The Kier molecular flexibility index (Phi) is 7.09. The number of sulfonamides is 1. The van der Waals surface area contributed by atoms with Crippen LogP contribution in [0, 0.1) is 6.92 Å². The SMILES string of the molecule is Cc1ccc(Cl)c2sc(N(Cc3ccccc3)C(=O)c3ccc(S(=O)(=O)N4CCOCC4)cc3)nc12. The lowest BCUT2D eigenvalue weighted by Crippen LogP contribution is -2.40. The number of halogens is 1. The average molecular weight is 542 g/mol. The van der Waals surface area contributed by atoms with Crippen LogP contribution >= 0.6 is 22.9 Å². The summed E-state index contributed by atoms with van der Waals surface area (Å²) in [5, 5.41) is 1.12. The second-order valence-corrected chi connectivity index (χ2v) is 11.8. The van der Waals surface area contributed by atoms with E-state index in [2.05, 4.69) is 0 Å². The highest BCUT2D eigenvalue weighted by Gasteiger charge is 2.27. The molecule has 1 aliphatic rings. The molecule has 0 aliphatic carbocycles. The Labute approximate surface area is 218 Å². The fraction of sp³-hybridized carbons (Fsp3) is 0.231. The highest BCUT2D eigenvalue weighted by atomic mass is 35.5. The Morgan fingerprint density at radius 1 is 1.06 bits per heavy atom. The summed E-state index contributed by atoms with van der Waals surface area (Å²) in [5.41, 5.74) is 3.05. The van der Waals surface area contributed by atoms with E-state index in [1.807, 2.05) is 49.4 Å². The van der Waals surface area contributed by atoms with E-state index in [9.17, 15) is 13.2 Å². The molecule has 1 fully saturated rings. The van der Waals surface area contributed by atoms with E-state index in [1.54, 1.807) is 17.0 Å². The molecule has 0 saturated carbocycles. The molecule has 10 heteroatoms. The van der Waals surface area contributed by atoms with Gasteiger partial charge in [-0.15, -0.1) is 0 Å². The Bertz CT molecular complexity index is 1460. The van der Waals surface area contributed by atoms with Gasteiger partial charge in [0, 0.05) is 18.7 Å². The zero-order chi connectivity index (χ0) is 25.3. The van der Waals surface area contributed by atoms with Gasteiger partial charge in [-0.2, -0.15) is 4.31 Å². The van der Waals surface area contributed by atoms with E-state index in [4.69, 9.17) is 21.3 Å². The summed E-state index contributed by atoms with van der Waals surface area (Å²) in [4.78, 5) is 20.3. The minimum Gasteiger partial charge on any atom is -0.379 e. The normalized spacial score (nSPS) is 14.7. The number of anilines is 1. The number of benzene rings is 3. The molecule has 0 bridgehead atoms. The molecule has 0 unspecified atom stereocenters. The molecule has 5 rings (SSSR count). The van der Waals surface area contributed by atoms with E-state index in [0.29, 0.717) is 48.6 Å². The van der Waals surface area contributed by atoms with Crippen molar-refractivity contribution in [1.29, 1.82) is 0 Å². The third-order valence-electron chi connectivity index (χ3n) is 6.05. The van der Waals surface area contributed by atoms with Gasteiger partial charge >= 0.3 is 0 Å². The first-order valence-electron chi connectivity index (χ1n) is 11.4. The van der Waals surface area contributed by atoms with Gasteiger partial charge in [-0.05, 0) is 48.4 Å². The number of thiazole rings is 1. The first-order valence-corrected chi connectivity index (χ1v) is 14.1. The molecule has 2 heterocycles. The predicted octanol–water partition coefficient (Wildman–Crippen LogP) is 5.13. The molecular weight excluding hydrogens is 518 g/mol. The van der Waals surface area contributed by atoms with Gasteiger partial charge in [-0.3, -0.25) is 9.69 Å². The molecule has 1 saturated heterocycles. The molecule has 36 heavy (non-hydrogen) atoms. The van der Waals surface area contributed by atoms with Crippen LogP contribution in [-0.4, -0.2) is 49.9 Å². The lowest BCUT2D eigenvalue weighted by molar-refractivity contribution is 0.0730. The van der Waals surface area contributed by atoms with Crippen molar-refractivity contribution in [3.8, 4) is 0 Å². The summed E-state index contributed by atoms with van der Waals surface area (Å²) in [6.45, 7) is 3.63. The maximum absolute atomic E-state index is 13.7. The third kappa shape index (κ3) is 4.89. The Balaban J connectivity index is 1.49. The van der Waals surface area contributed by atoms with Crippen LogP contribution in [0.5, 0.6) is 0 Å². The van der Waals surface area contributed by atoms with Crippen molar-refractivity contribution in [2.75, 3.05) is 31.2 Å². The van der Waals surface area contributed by atoms with E-state index in [1.165, 1.54) is 27.8 Å². The van der Waals surface area contributed by atoms with Crippen LogP contribution < -0.4 is 4.90 Å². The molecular formula is C26H24ClN3O4S2. The Hall–Kier alpha value is -2.82. The number of carbonyl (C=O) groups excluding carboxylic acids is 1. The number of ether oxygens (including phenoxy) is 1. The van der Waals surface area contributed by atoms with Gasteiger partial charge in [0.1, 0.15) is 0 Å². The first kappa shape index (κ1) is 24.9. The summed E-state index contributed by atoms with van der Waals surface area (Å²) in [7, 11) is -3.65. The average Bonchev–Trinajstić information content (AvgIpc) is 3.37. The van der Waals surface area contributed by atoms with Crippen LogP contribution in [0.15, 0.2) is 71.6 Å². The predicted molar refractivity (Wildman–Crippen MR) is 142 cm³/mol. The highest BCUT2D eigenvalue weighted by molar-refractivity contribution is 7.89. The number of amides is 1. The first-order chi connectivity index (χ1) is 17.3. The van der Waals surface area contributed by atoms with Crippen molar-refractivity contribution in [3.05, 3.63) is 88.4 Å². The second kappa shape index (κ2) is 10.3. The van der Waals surface area contributed by atoms with E-state index in [0.717, 1.165) is 21.3 Å². The lowest BCUT2D eigenvalue weighted by Gasteiger charge is -2.26. The number of nitrogens with zero attached hydrogens (tertiary/aromatic N) is 3. The fourth-order valence-electron chi connectivity index (χ4n) is 4.06. The van der Waals surface area contributed by atoms with Gasteiger partial charge in [0.15, 0.2) is 5.13 Å². The molecule has 0 N–H and O–H groups in total. The molecule has 186 valence electrons. The van der Waals surface area contributed by atoms with E-state index < -0.39 is 10.0 Å². The zero-order valence-electron chi connectivity index (χ0n) is 19.6. The third-order valence-corrected chi connectivity index (χ3v) is 9.51. The van der Waals surface area contributed by atoms with Crippen LogP contribution in [0.2, 0.25) is 5.02 Å². The second-order valence-electron chi connectivity index (χ2n) is 8.46. The van der Waals surface area contributed by atoms with Gasteiger partial charge in [0.2, 0.25) is 10.0 Å². The van der Waals surface area contributed by atoms with Crippen molar-refractivity contribution in [1.82, 2.24) is 9.29 Å². The molecule has 1 aromatic heterocycles. The van der Waals surface area contributed by atoms with Crippen molar-refractivity contribution in [2.45, 2.75) is 18.4 Å². The Morgan fingerprint density at radius 2 is 1.75 bits per heavy atom. The van der Waals surface area contributed by atoms with Crippen molar-refractivity contribution < 1.29 is 17.9 Å².